The van der Waals surface area contributed by atoms with Gasteiger partial charge in [-0.3, -0.25) is 0 Å². The molecule has 0 atom stereocenters. The van der Waals surface area contributed by atoms with Gasteiger partial charge in [0.25, 0.3) is 0 Å². The minimum Gasteiger partial charge on any atom is -0.206 e. The van der Waals surface area contributed by atoms with Crippen molar-refractivity contribution in [3.05, 3.63) is 132 Å². The Morgan fingerprint density at radius 1 is 0.625 bits per heavy atom. The van der Waals surface area contributed by atoms with Gasteiger partial charge in [0.15, 0.2) is 0 Å². The summed E-state index contributed by atoms with van der Waals surface area (Å²) in [4.78, 5) is 0. The summed E-state index contributed by atoms with van der Waals surface area (Å²) in [6.45, 7) is 3.70. The van der Waals surface area contributed by atoms with Gasteiger partial charge in [0.1, 0.15) is 23.3 Å². The van der Waals surface area contributed by atoms with Crippen LogP contribution in [-0.2, 0) is 12.6 Å². The first-order valence-corrected chi connectivity index (χ1v) is 12.4. The molecule has 0 bridgehead atoms. The van der Waals surface area contributed by atoms with Gasteiger partial charge in [0, 0.05) is 10.9 Å². The van der Waals surface area contributed by atoms with Gasteiger partial charge in [-0.1, -0.05) is 66.7 Å². The van der Waals surface area contributed by atoms with E-state index in [1.807, 2.05) is 12.1 Å². The van der Waals surface area contributed by atoms with Crippen LogP contribution in [0, 0.1) is 23.3 Å². The van der Waals surface area contributed by atoms with E-state index in [9.17, 15) is 17.6 Å². The minimum absolute atomic E-state index is 0.0331. The lowest BCUT2D eigenvalue weighted by Gasteiger charge is -2.12. The SMILES string of the molecule is C=CCCc1ccc2c(F)c(-c3cc(F)c(-c4ccc(-c5ccc(C(F)(F)F)c(F)c5)cc4)c(F)c3)ccc2c1. The summed E-state index contributed by atoms with van der Waals surface area (Å²) in [6.07, 6.45) is -1.47. The molecule has 0 unspecified atom stereocenters. The third-order valence-electron chi connectivity index (χ3n) is 6.79. The number of fused-ring (bicyclic) bond motifs is 1. The zero-order valence-electron chi connectivity index (χ0n) is 20.9. The Morgan fingerprint density at radius 2 is 1.25 bits per heavy atom. The normalized spacial score (nSPS) is 11.7. The molecule has 0 saturated carbocycles. The quantitative estimate of drug-likeness (QED) is 0.146. The third-order valence-corrected chi connectivity index (χ3v) is 6.79. The molecule has 0 heterocycles. The van der Waals surface area contributed by atoms with Crippen LogP contribution in [0.2, 0.25) is 0 Å². The summed E-state index contributed by atoms with van der Waals surface area (Å²) in [5.41, 5.74) is 0.0723. The van der Waals surface area contributed by atoms with Crippen LogP contribution in [-0.4, -0.2) is 0 Å². The Morgan fingerprint density at radius 3 is 1.88 bits per heavy atom. The molecule has 0 spiro atoms. The van der Waals surface area contributed by atoms with Crippen molar-refractivity contribution in [3.63, 3.8) is 0 Å². The molecule has 40 heavy (non-hydrogen) atoms. The monoisotopic (exact) mass is 550 g/mol. The van der Waals surface area contributed by atoms with Gasteiger partial charge in [-0.05, 0) is 70.3 Å². The van der Waals surface area contributed by atoms with Crippen molar-refractivity contribution in [1.29, 1.82) is 0 Å². The van der Waals surface area contributed by atoms with E-state index in [0.29, 0.717) is 22.4 Å². The lowest BCUT2D eigenvalue weighted by molar-refractivity contribution is -0.139. The lowest BCUT2D eigenvalue weighted by Crippen LogP contribution is -2.07. The first-order valence-electron chi connectivity index (χ1n) is 12.4. The molecule has 5 aromatic rings. The molecule has 202 valence electrons. The molecule has 0 saturated heterocycles. The second-order valence-corrected chi connectivity index (χ2v) is 9.39. The zero-order chi connectivity index (χ0) is 28.6. The number of hydrogen-bond donors (Lipinski definition) is 0. The van der Waals surface area contributed by atoms with Crippen LogP contribution in [0.4, 0.5) is 30.7 Å². The molecule has 5 rings (SSSR count). The van der Waals surface area contributed by atoms with Crippen molar-refractivity contribution in [1.82, 2.24) is 0 Å². The van der Waals surface area contributed by atoms with E-state index in [2.05, 4.69) is 6.58 Å². The highest BCUT2D eigenvalue weighted by Gasteiger charge is 2.34. The standard InChI is InChI=1S/C33H21F7/c1-2-3-4-19-5-12-25-23(15-19)10-13-26(32(25)37)24-17-29(35)31(30(36)18-24)21-8-6-20(7-9-21)22-11-14-27(28(34)16-22)33(38,39)40/h2,5-18H,1,3-4H2. The summed E-state index contributed by atoms with van der Waals surface area (Å²) >= 11 is 0. The average Bonchev–Trinajstić information content (AvgIpc) is 2.91. The number of aryl methyl sites for hydroxylation is 1. The van der Waals surface area contributed by atoms with Crippen molar-refractivity contribution in [2.75, 3.05) is 0 Å². The van der Waals surface area contributed by atoms with E-state index in [1.165, 1.54) is 30.3 Å². The molecule has 5 aromatic carbocycles. The highest BCUT2D eigenvalue weighted by atomic mass is 19.4. The van der Waals surface area contributed by atoms with Crippen molar-refractivity contribution < 1.29 is 30.7 Å². The Labute approximate surface area is 226 Å². The Kier molecular flexibility index (Phi) is 7.23. The second kappa shape index (κ2) is 10.6. The summed E-state index contributed by atoms with van der Waals surface area (Å²) < 4.78 is 98.3. The smallest absolute Gasteiger partial charge is 0.206 e. The lowest BCUT2D eigenvalue weighted by atomic mass is 9.95. The predicted molar refractivity (Wildman–Crippen MR) is 144 cm³/mol. The van der Waals surface area contributed by atoms with E-state index in [1.54, 1.807) is 18.2 Å². The summed E-state index contributed by atoms with van der Waals surface area (Å²) in [5, 5.41) is 1.01. The van der Waals surface area contributed by atoms with Crippen molar-refractivity contribution >= 4 is 10.8 Å². The molecular formula is C33H21F7. The molecule has 0 aliphatic carbocycles. The van der Waals surface area contributed by atoms with Gasteiger partial charge >= 0.3 is 6.18 Å². The van der Waals surface area contributed by atoms with Crippen molar-refractivity contribution in [2.45, 2.75) is 19.0 Å². The van der Waals surface area contributed by atoms with Crippen LogP contribution in [0.25, 0.3) is 44.2 Å². The van der Waals surface area contributed by atoms with E-state index in [4.69, 9.17) is 0 Å². The van der Waals surface area contributed by atoms with Crippen molar-refractivity contribution in [2.24, 2.45) is 0 Å². The van der Waals surface area contributed by atoms with Gasteiger partial charge in [0.05, 0.1) is 11.1 Å². The van der Waals surface area contributed by atoms with Crippen LogP contribution < -0.4 is 0 Å². The Bertz CT molecular complexity index is 1710. The maximum atomic E-state index is 15.4. The van der Waals surface area contributed by atoms with E-state index >= 15 is 13.2 Å². The molecule has 0 fully saturated rings. The fraction of sp³-hybridized carbons (Fsp3) is 0.0909. The van der Waals surface area contributed by atoms with E-state index < -0.39 is 35.0 Å². The maximum Gasteiger partial charge on any atom is 0.419 e. The van der Waals surface area contributed by atoms with Gasteiger partial charge < -0.3 is 0 Å². The highest BCUT2D eigenvalue weighted by molar-refractivity contribution is 5.89. The molecule has 0 amide bonds. The minimum atomic E-state index is -4.82. The molecule has 0 aliphatic rings. The highest BCUT2D eigenvalue weighted by Crippen LogP contribution is 2.37. The molecule has 0 aromatic heterocycles. The van der Waals surface area contributed by atoms with Crippen LogP contribution in [0.3, 0.4) is 0 Å². The number of alkyl halides is 3. The molecule has 0 radical (unpaired) electrons. The van der Waals surface area contributed by atoms with Gasteiger partial charge in [0.2, 0.25) is 0 Å². The zero-order valence-corrected chi connectivity index (χ0v) is 20.9. The van der Waals surface area contributed by atoms with Crippen LogP contribution in [0.5, 0.6) is 0 Å². The number of halogens is 7. The Balaban J connectivity index is 1.45. The van der Waals surface area contributed by atoms with Gasteiger partial charge in [-0.2, -0.15) is 13.2 Å². The van der Waals surface area contributed by atoms with Crippen LogP contribution in [0.1, 0.15) is 17.5 Å². The van der Waals surface area contributed by atoms with E-state index in [-0.39, 0.29) is 27.8 Å². The number of hydrogen-bond acceptors (Lipinski definition) is 0. The molecule has 0 N–H and O–H groups in total. The van der Waals surface area contributed by atoms with Gasteiger partial charge in [-0.25, -0.2) is 17.6 Å². The average molecular weight is 551 g/mol. The molecule has 0 aliphatic heterocycles. The third kappa shape index (κ3) is 5.24. The molecule has 7 heteroatoms. The van der Waals surface area contributed by atoms with Crippen molar-refractivity contribution in [3.8, 4) is 33.4 Å². The maximum absolute atomic E-state index is 15.4. The van der Waals surface area contributed by atoms with Crippen LogP contribution in [0.15, 0.2) is 97.6 Å². The van der Waals surface area contributed by atoms with Crippen LogP contribution >= 0.6 is 0 Å². The largest absolute Gasteiger partial charge is 0.419 e. The number of rotatable bonds is 6. The number of allylic oxidation sites excluding steroid dienone is 1. The first-order chi connectivity index (χ1) is 19.1. The Hall–Kier alpha value is -4.39. The second-order valence-electron chi connectivity index (χ2n) is 9.39. The summed E-state index contributed by atoms with van der Waals surface area (Å²) in [6, 6.07) is 18.8. The first kappa shape index (κ1) is 27.2. The topological polar surface area (TPSA) is 0 Å². The summed E-state index contributed by atoms with van der Waals surface area (Å²) in [5.74, 6) is -3.84. The fourth-order valence-electron chi connectivity index (χ4n) is 4.75. The predicted octanol–water partition coefficient (Wildman–Crippen LogP) is 10.5. The number of benzene rings is 5. The molecular weight excluding hydrogens is 529 g/mol. The molecule has 0 nitrogen and oxygen atoms in total. The van der Waals surface area contributed by atoms with Gasteiger partial charge in [-0.15, -0.1) is 6.58 Å². The van der Waals surface area contributed by atoms with E-state index in [0.717, 1.165) is 42.7 Å². The fourth-order valence-corrected chi connectivity index (χ4v) is 4.75. The summed E-state index contributed by atoms with van der Waals surface area (Å²) in [7, 11) is 0.